The molecule has 8 heteroatoms. The van der Waals surface area contributed by atoms with Gasteiger partial charge >= 0.3 is 0 Å². The first kappa shape index (κ1) is 17.2. The third-order valence-corrected chi connectivity index (χ3v) is 6.40. The number of ether oxygens (including phenoxy) is 1. The van der Waals surface area contributed by atoms with Gasteiger partial charge < -0.3 is 10.1 Å². The number of para-hydroxylation sites is 2. The molecular formula is C18H17ClN2O4S. The van der Waals surface area contributed by atoms with Crippen molar-refractivity contribution >= 4 is 33.2 Å². The molecule has 1 heterocycles. The van der Waals surface area contributed by atoms with Crippen LogP contribution in [0.3, 0.4) is 0 Å². The van der Waals surface area contributed by atoms with E-state index < -0.39 is 16.1 Å². The zero-order valence-electron chi connectivity index (χ0n) is 13.8. The minimum Gasteiger partial charge on any atom is -0.476 e. The van der Waals surface area contributed by atoms with Crippen LogP contribution in [0.15, 0.2) is 53.4 Å². The third-order valence-electron chi connectivity index (χ3n) is 4.35. The maximum atomic E-state index is 13.2. The lowest BCUT2D eigenvalue weighted by molar-refractivity contribution is -0.127. The van der Waals surface area contributed by atoms with Crippen molar-refractivity contribution in [3.63, 3.8) is 0 Å². The summed E-state index contributed by atoms with van der Waals surface area (Å²) in [6.07, 6.45) is 0.997. The SMILES string of the molecule is O=C(NC1CC1)[C@@H]1CN(S(=O)(=O)c2ccc(Cl)cc2)c2ccccc2O1. The van der Waals surface area contributed by atoms with Gasteiger partial charge in [-0.1, -0.05) is 23.7 Å². The predicted molar refractivity (Wildman–Crippen MR) is 98.0 cm³/mol. The molecule has 0 saturated heterocycles. The Bertz CT molecular complexity index is 942. The summed E-state index contributed by atoms with van der Waals surface area (Å²) < 4.78 is 33.3. The van der Waals surface area contributed by atoms with E-state index in [0.717, 1.165) is 12.8 Å². The van der Waals surface area contributed by atoms with Crippen LogP contribution in [0.2, 0.25) is 5.02 Å². The molecule has 0 aromatic heterocycles. The van der Waals surface area contributed by atoms with Gasteiger partial charge in [0, 0.05) is 11.1 Å². The third kappa shape index (κ3) is 3.24. The average Bonchev–Trinajstić information content (AvgIpc) is 3.45. The molecule has 1 aliphatic heterocycles. The minimum absolute atomic E-state index is 0.0828. The van der Waals surface area contributed by atoms with Crippen LogP contribution in [0.5, 0.6) is 5.75 Å². The summed E-state index contributed by atoms with van der Waals surface area (Å²) in [5.41, 5.74) is 0.415. The molecule has 136 valence electrons. The van der Waals surface area contributed by atoms with E-state index >= 15 is 0 Å². The second kappa shape index (κ2) is 6.48. The number of carbonyl (C=O) groups excluding carboxylic acids is 1. The zero-order chi connectivity index (χ0) is 18.3. The highest BCUT2D eigenvalue weighted by Gasteiger charge is 2.38. The number of halogens is 1. The zero-order valence-corrected chi connectivity index (χ0v) is 15.3. The van der Waals surface area contributed by atoms with Crippen molar-refractivity contribution < 1.29 is 17.9 Å². The molecule has 0 unspecified atom stereocenters. The molecule has 1 fully saturated rings. The van der Waals surface area contributed by atoms with E-state index in [0.29, 0.717) is 16.5 Å². The Kier molecular flexibility index (Phi) is 4.28. The highest BCUT2D eigenvalue weighted by molar-refractivity contribution is 7.92. The van der Waals surface area contributed by atoms with Crippen LogP contribution in [-0.4, -0.2) is 33.0 Å². The summed E-state index contributed by atoms with van der Waals surface area (Å²) >= 11 is 5.87. The van der Waals surface area contributed by atoms with Crippen molar-refractivity contribution in [3.05, 3.63) is 53.6 Å². The number of amides is 1. The number of hydrogen-bond donors (Lipinski definition) is 1. The molecule has 4 rings (SSSR count). The first-order valence-corrected chi connectivity index (χ1v) is 10.1. The van der Waals surface area contributed by atoms with Crippen LogP contribution in [-0.2, 0) is 14.8 Å². The van der Waals surface area contributed by atoms with E-state index in [2.05, 4.69) is 5.32 Å². The van der Waals surface area contributed by atoms with E-state index in [1.54, 1.807) is 24.3 Å². The van der Waals surface area contributed by atoms with E-state index in [1.165, 1.54) is 28.6 Å². The lowest BCUT2D eigenvalue weighted by Crippen LogP contribution is -2.51. The van der Waals surface area contributed by atoms with Crippen molar-refractivity contribution in [2.75, 3.05) is 10.8 Å². The Labute approximate surface area is 156 Å². The molecule has 1 atom stereocenters. The number of anilines is 1. The number of hydrogen-bond acceptors (Lipinski definition) is 4. The number of carbonyl (C=O) groups is 1. The fourth-order valence-corrected chi connectivity index (χ4v) is 4.42. The van der Waals surface area contributed by atoms with E-state index in [4.69, 9.17) is 16.3 Å². The van der Waals surface area contributed by atoms with E-state index in [1.807, 2.05) is 0 Å². The highest BCUT2D eigenvalue weighted by atomic mass is 35.5. The molecule has 1 aliphatic carbocycles. The van der Waals surface area contributed by atoms with E-state index in [-0.39, 0.29) is 23.4 Å². The lowest BCUT2D eigenvalue weighted by atomic mass is 10.2. The van der Waals surface area contributed by atoms with Gasteiger partial charge in [0.05, 0.1) is 17.1 Å². The van der Waals surface area contributed by atoms with Gasteiger partial charge in [-0.15, -0.1) is 0 Å². The molecule has 0 spiro atoms. The predicted octanol–water partition coefficient (Wildman–Crippen LogP) is 2.57. The molecule has 1 amide bonds. The van der Waals surface area contributed by atoms with Gasteiger partial charge in [0.2, 0.25) is 0 Å². The van der Waals surface area contributed by atoms with Crippen molar-refractivity contribution in [3.8, 4) is 5.75 Å². The number of fused-ring (bicyclic) bond motifs is 1. The fourth-order valence-electron chi connectivity index (χ4n) is 2.82. The summed E-state index contributed by atoms with van der Waals surface area (Å²) in [6.45, 7) is -0.0828. The molecule has 0 radical (unpaired) electrons. The molecule has 26 heavy (non-hydrogen) atoms. The van der Waals surface area contributed by atoms with Crippen LogP contribution >= 0.6 is 11.6 Å². The summed E-state index contributed by atoms with van der Waals surface area (Å²) in [5, 5.41) is 3.32. The van der Waals surface area contributed by atoms with Gasteiger partial charge in [-0.05, 0) is 49.2 Å². The van der Waals surface area contributed by atoms with Crippen LogP contribution in [0.1, 0.15) is 12.8 Å². The monoisotopic (exact) mass is 392 g/mol. The first-order valence-electron chi connectivity index (χ1n) is 8.29. The molecule has 6 nitrogen and oxygen atoms in total. The maximum absolute atomic E-state index is 13.2. The van der Waals surface area contributed by atoms with Crippen molar-refractivity contribution in [2.24, 2.45) is 0 Å². The number of benzene rings is 2. The van der Waals surface area contributed by atoms with Crippen molar-refractivity contribution in [1.82, 2.24) is 5.32 Å². The summed E-state index contributed by atoms with van der Waals surface area (Å²) in [6, 6.07) is 12.9. The molecule has 1 N–H and O–H groups in total. The fraction of sp³-hybridized carbons (Fsp3) is 0.278. The van der Waals surface area contributed by atoms with Crippen LogP contribution < -0.4 is 14.4 Å². The first-order chi connectivity index (χ1) is 12.4. The Morgan fingerprint density at radius 2 is 1.81 bits per heavy atom. The molecule has 2 aliphatic rings. The van der Waals surface area contributed by atoms with Gasteiger partial charge in [-0.3, -0.25) is 9.10 Å². The van der Waals surface area contributed by atoms with Gasteiger partial charge in [0.25, 0.3) is 15.9 Å². The largest absolute Gasteiger partial charge is 0.476 e. The topological polar surface area (TPSA) is 75.7 Å². The number of nitrogens with one attached hydrogen (secondary N) is 1. The molecule has 2 aromatic rings. The molecule has 1 saturated carbocycles. The average molecular weight is 393 g/mol. The van der Waals surface area contributed by atoms with Crippen molar-refractivity contribution in [2.45, 2.75) is 29.9 Å². The van der Waals surface area contributed by atoms with Crippen molar-refractivity contribution in [1.29, 1.82) is 0 Å². The molecule has 2 aromatic carbocycles. The van der Waals surface area contributed by atoms with Gasteiger partial charge in [-0.2, -0.15) is 0 Å². The smallest absolute Gasteiger partial charge is 0.264 e. The quantitative estimate of drug-likeness (QED) is 0.867. The van der Waals surface area contributed by atoms with Gasteiger partial charge in [0.1, 0.15) is 5.75 Å². The normalized spacial score (nSPS) is 19.4. The summed E-state index contributed by atoms with van der Waals surface area (Å²) in [5.74, 6) is 0.0746. The Balaban J connectivity index is 1.70. The van der Waals surface area contributed by atoms with E-state index in [9.17, 15) is 13.2 Å². The molecular weight excluding hydrogens is 376 g/mol. The summed E-state index contributed by atoms with van der Waals surface area (Å²) in [4.78, 5) is 12.5. The molecule has 0 bridgehead atoms. The lowest BCUT2D eigenvalue weighted by Gasteiger charge is -2.34. The maximum Gasteiger partial charge on any atom is 0.264 e. The Morgan fingerprint density at radius 3 is 2.50 bits per heavy atom. The number of nitrogens with zero attached hydrogens (tertiary/aromatic N) is 1. The second-order valence-electron chi connectivity index (χ2n) is 6.35. The number of sulfonamides is 1. The summed E-state index contributed by atoms with van der Waals surface area (Å²) in [7, 11) is -3.86. The second-order valence-corrected chi connectivity index (χ2v) is 8.65. The number of rotatable bonds is 4. The van der Waals surface area contributed by atoms with Gasteiger partial charge in [-0.25, -0.2) is 8.42 Å². The van der Waals surface area contributed by atoms with Crippen LogP contribution in [0, 0.1) is 0 Å². The van der Waals surface area contributed by atoms with Gasteiger partial charge in [0.15, 0.2) is 6.10 Å². The van der Waals surface area contributed by atoms with Crippen LogP contribution in [0.4, 0.5) is 5.69 Å². The standard InChI is InChI=1S/C18H17ClN2O4S/c19-12-5-9-14(10-6-12)26(23,24)21-11-17(18(22)20-13-7-8-13)25-16-4-2-1-3-15(16)21/h1-6,9-10,13,17H,7-8,11H2,(H,20,22)/t17-/m0/s1. The minimum atomic E-state index is -3.86. The highest BCUT2D eigenvalue weighted by Crippen LogP contribution is 2.37. The Hall–Kier alpha value is -2.25. The van der Waals surface area contributed by atoms with Crippen LogP contribution in [0.25, 0.3) is 0 Å². The Morgan fingerprint density at radius 1 is 1.12 bits per heavy atom.